The fourth-order valence-corrected chi connectivity index (χ4v) is 2.63. The molecule has 1 N–H and O–H groups in total. The van der Waals surface area contributed by atoms with E-state index in [0.29, 0.717) is 0 Å². The van der Waals surface area contributed by atoms with Crippen molar-refractivity contribution < 1.29 is 4.74 Å². The number of hydrogen-bond acceptors (Lipinski definition) is 3. The Morgan fingerprint density at radius 3 is 2.67 bits per heavy atom. The van der Waals surface area contributed by atoms with Crippen molar-refractivity contribution in [1.29, 1.82) is 0 Å². The molecule has 3 heteroatoms. The van der Waals surface area contributed by atoms with Gasteiger partial charge in [0.25, 0.3) is 0 Å². The van der Waals surface area contributed by atoms with Crippen LogP contribution in [0.3, 0.4) is 0 Å². The molecule has 1 aliphatic heterocycles. The molecule has 0 bridgehead atoms. The largest absolute Gasteiger partial charge is 0.496 e. The molecule has 3 nitrogen and oxygen atoms in total. The van der Waals surface area contributed by atoms with E-state index in [1.807, 2.05) is 7.05 Å². The topological polar surface area (TPSA) is 24.5 Å². The maximum absolute atomic E-state index is 5.47. The lowest BCUT2D eigenvalue weighted by molar-refractivity contribution is 0.218. The summed E-state index contributed by atoms with van der Waals surface area (Å²) in [6, 6.07) is 6.49. The number of nitrogens with zero attached hydrogens (tertiary/aromatic N) is 1. The Hall–Kier alpha value is -1.06. The van der Waals surface area contributed by atoms with E-state index in [2.05, 4.69) is 28.4 Å². The highest BCUT2D eigenvalue weighted by Gasteiger charge is 2.13. The van der Waals surface area contributed by atoms with Gasteiger partial charge in [0.1, 0.15) is 5.75 Å². The number of likely N-dealkylation sites (tertiary alicyclic amines) is 1. The summed E-state index contributed by atoms with van der Waals surface area (Å²) in [6.45, 7) is 4.37. The molecule has 1 saturated heterocycles. The molecule has 1 aromatic rings. The Morgan fingerprint density at radius 2 is 2.00 bits per heavy atom. The lowest BCUT2D eigenvalue weighted by Crippen LogP contribution is -2.29. The van der Waals surface area contributed by atoms with Crippen LogP contribution in [0.2, 0.25) is 0 Å². The van der Waals surface area contributed by atoms with Crippen LogP contribution in [0.25, 0.3) is 0 Å². The Morgan fingerprint density at radius 1 is 1.22 bits per heavy atom. The van der Waals surface area contributed by atoms with Gasteiger partial charge in [-0.25, -0.2) is 0 Å². The first-order valence-electron chi connectivity index (χ1n) is 6.86. The van der Waals surface area contributed by atoms with Crippen LogP contribution in [0.5, 0.6) is 5.75 Å². The molecule has 2 rings (SSSR count). The highest BCUT2D eigenvalue weighted by molar-refractivity contribution is 5.37. The minimum atomic E-state index is 0.914. The molecule has 0 radical (unpaired) electrons. The van der Waals surface area contributed by atoms with Crippen LogP contribution in [0.1, 0.15) is 30.4 Å². The maximum Gasteiger partial charge on any atom is 0.123 e. The summed E-state index contributed by atoms with van der Waals surface area (Å²) in [5.74, 6) is 1.01. The van der Waals surface area contributed by atoms with Gasteiger partial charge < -0.3 is 10.1 Å². The average Bonchev–Trinajstić information content (AvgIpc) is 2.41. The van der Waals surface area contributed by atoms with E-state index in [9.17, 15) is 0 Å². The molecule has 1 aromatic carbocycles. The van der Waals surface area contributed by atoms with Gasteiger partial charge in [0.05, 0.1) is 7.11 Å². The SMILES string of the molecule is CNCc1ccc(OC)c(CN2CCCCC2)c1. The molecule has 0 aromatic heterocycles. The molecule has 18 heavy (non-hydrogen) atoms. The number of methoxy groups -OCH3 is 1. The van der Waals surface area contributed by atoms with Gasteiger partial charge in [-0.05, 0) is 50.7 Å². The van der Waals surface area contributed by atoms with Crippen LogP contribution in [0, 0.1) is 0 Å². The maximum atomic E-state index is 5.47. The minimum absolute atomic E-state index is 0.914. The molecule has 0 amide bonds. The van der Waals surface area contributed by atoms with Crippen LogP contribution in [0.15, 0.2) is 18.2 Å². The van der Waals surface area contributed by atoms with E-state index in [4.69, 9.17) is 4.74 Å². The summed E-state index contributed by atoms with van der Waals surface area (Å²) >= 11 is 0. The van der Waals surface area contributed by atoms with Crippen LogP contribution < -0.4 is 10.1 Å². The van der Waals surface area contributed by atoms with Crippen LogP contribution in [-0.2, 0) is 13.1 Å². The smallest absolute Gasteiger partial charge is 0.123 e. The first kappa shape index (κ1) is 13.4. The second-order valence-electron chi connectivity index (χ2n) is 5.01. The van der Waals surface area contributed by atoms with Gasteiger partial charge in [-0.3, -0.25) is 4.90 Å². The van der Waals surface area contributed by atoms with E-state index in [0.717, 1.165) is 18.8 Å². The van der Waals surface area contributed by atoms with Gasteiger partial charge in [-0.2, -0.15) is 0 Å². The molecule has 1 fully saturated rings. The lowest BCUT2D eigenvalue weighted by atomic mass is 10.1. The van der Waals surface area contributed by atoms with Crippen molar-refractivity contribution in [2.45, 2.75) is 32.4 Å². The highest BCUT2D eigenvalue weighted by atomic mass is 16.5. The monoisotopic (exact) mass is 248 g/mol. The summed E-state index contributed by atoms with van der Waals surface area (Å²) in [5.41, 5.74) is 2.64. The predicted molar refractivity (Wildman–Crippen MR) is 74.9 cm³/mol. The molecule has 100 valence electrons. The van der Waals surface area contributed by atoms with Crippen LogP contribution >= 0.6 is 0 Å². The highest BCUT2D eigenvalue weighted by Crippen LogP contribution is 2.23. The summed E-state index contributed by atoms with van der Waals surface area (Å²) < 4.78 is 5.47. The normalized spacial score (nSPS) is 16.8. The minimum Gasteiger partial charge on any atom is -0.496 e. The molecular weight excluding hydrogens is 224 g/mol. The fourth-order valence-electron chi connectivity index (χ4n) is 2.63. The molecule has 1 heterocycles. The third-order valence-corrected chi connectivity index (χ3v) is 3.57. The zero-order chi connectivity index (χ0) is 12.8. The molecule has 0 aliphatic carbocycles. The second-order valence-corrected chi connectivity index (χ2v) is 5.01. The lowest BCUT2D eigenvalue weighted by Gasteiger charge is -2.27. The van der Waals surface area contributed by atoms with Crippen molar-refractivity contribution >= 4 is 0 Å². The second kappa shape index (κ2) is 6.76. The average molecular weight is 248 g/mol. The van der Waals surface area contributed by atoms with Crippen molar-refractivity contribution in [3.63, 3.8) is 0 Å². The van der Waals surface area contributed by atoms with Gasteiger partial charge in [0, 0.05) is 18.7 Å². The van der Waals surface area contributed by atoms with Crippen LogP contribution in [0.4, 0.5) is 0 Å². The number of hydrogen-bond donors (Lipinski definition) is 1. The van der Waals surface area contributed by atoms with E-state index in [1.165, 1.54) is 43.5 Å². The van der Waals surface area contributed by atoms with Crippen LogP contribution in [-0.4, -0.2) is 32.1 Å². The molecule has 1 aliphatic rings. The van der Waals surface area contributed by atoms with Crippen molar-refractivity contribution in [2.75, 3.05) is 27.2 Å². The van der Waals surface area contributed by atoms with Crippen molar-refractivity contribution in [3.8, 4) is 5.75 Å². The Balaban J connectivity index is 2.09. The molecule has 0 atom stereocenters. The molecule has 0 saturated carbocycles. The first-order valence-corrected chi connectivity index (χ1v) is 6.86. The number of piperidine rings is 1. The molecule has 0 spiro atoms. The summed E-state index contributed by atoms with van der Waals surface area (Å²) in [4.78, 5) is 2.53. The zero-order valence-electron chi connectivity index (χ0n) is 11.5. The van der Waals surface area contributed by atoms with E-state index in [-0.39, 0.29) is 0 Å². The number of rotatable bonds is 5. The standard InChI is InChI=1S/C15H24N2O/c1-16-11-13-6-7-15(18-2)14(10-13)12-17-8-4-3-5-9-17/h6-7,10,16H,3-5,8-9,11-12H2,1-2H3. The quantitative estimate of drug-likeness (QED) is 0.866. The Bertz CT molecular complexity index is 373. The number of ether oxygens (including phenoxy) is 1. The van der Waals surface area contributed by atoms with Gasteiger partial charge in [0.2, 0.25) is 0 Å². The predicted octanol–water partition coefficient (Wildman–Crippen LogP) is 2.40. The van der Waals surface area contributed by atoms with E-state index < -0.39 is 0 Å². The summed E-state index contributed by atoms with van der Waals surface area (Å²) in [6.07, 6.45) is 4.05. The van der Waals surface area contributed by atoms with Gasteiger partial charge >= 0.3 is 0 Å². The fraction of sp³-hybridized carbons (Fsp3) is 0.600. The first-order chi connectivity index (χ1) is 8.83. The number of nitrogens with one attached hydrogen (secondary N) is 1. The summed E-state index contributed by atoms with van der Waals surface area (Å²) in [5, 5.41) is 3.20. The van der Waals surface area contributed by atoms with E-state index in [1.54, 1.807) is 7.11 Å². The van der Waals surface area contributed by atoms with Crippen molar-refractivity contribution in [3.05, 3.63) is 29.3 Å². The third kappa shape index (κ3) is 3.47. The van der Waals surface area contributed by atoms with Gasteiger partial charge in [0.15, 0.2) is 0 Å². The Kier molecular flexibility index (Phi) is 5.02. The van der Waals surface area contributed by atoms with Crippen molar-refractivity contribution in [1.82, 2.24) is 10.2 Å². The zero-order valence-corrected chi connectivity index (χ0v) is 11.5. The molecular formula is C15H24N2O. The Labute approximate surface area is 110 Å². The third-order valence-electron chi connectivity index (χ3n) is 3.57. The van der Waals surface area contributed by atoms with E-state index >= 15 is 0 Å². The van der Waals surface area contributed by atoms with Gasteiger partial charge in [-0.15, -0.1) is 0 Å². The molecule has 0 unspecified atom stereocenters. The number of benzene rings is 1. The summed E-state index contributed by atoms with van der Waals surface area (Å²) in [7, 11) is 3.74. The van der Waals surface area contributed by atoms with Gasteiger partial charge in [-0.1, -0.05) is 12.5 Å². The van der Waals surface area contributed by atoms with Crippen molar-refractivity contribution in [2.24, 2.45) is 0 Å².